The molecule has 0 aliphatic carbocycles. The van der Waals surface area contributed by atoms with E-state index < -0.39 is 0 Å². The molecule has 108 valence electrons. The van der Waals surface area contributed by atoms with Crippen LogP contribution >= 0.6 is 27.9 Å². The number of hydrogen-bond donors (Lipinski definition) is 1. The zero-order chi connectivity index (χ0) is 14.5. The Morgan fingerprint density at radius 2 is 2.25 bits per heavy atom. The van der Waals surface area contributed by atoms with Crippen molar-refractivity contribution in [3.05, 3.63) is 39.9 Å². The summed E-state index contributed by atoms with van der Waals surface area (Å²) in [6.45, 7) is 2.14. The van der Waals surface area contributed by atoms with Gasteiger partial charge in [-0.15, -0.1) is 11.8 Å². The molecule has 1 aliphatic rings. The second-order valence-electron chi connectivity index (χ2n) is 4.63. The van der Waals surface area contributed by atoms with Gasteiger partial charge in [-0.1, -0.05) is 19.1 Å². The first-order valence-corrected chi connectivity index (χ1v) is 8.22. The molecule has 1 heterocycles. The minimum absolute atomic E-state index is 0.109. The average molecular weight is 358 g/mol. The van der Waals surface area contributed by atoms with E-state index in [4.69, 9.17) is 4.99 Å². The van der Waals surface area contributed by atoms with Crippen LogP contribution in [0.3, 0.4) is 0 Å². The molecule has 5 nitrogen and oxygen atoms in total. The summed E-state index contributed by atoms with van der Waals surface area (Å²) < 4.78 is 3.10. The molecule has 0 bridgehead atoms. The molecular formula is C13H16BrN3O2S. The van der Waals surface area contributed by atoms with Crippen molar-refractivity contribution in [1.29, 1.82) is 0 Å². The van der Waals surface area contributed by atoms with Gasteiger partial charge in [0.05, 0.1) is 22.1 Å². The van der Waals surface area contributed by atoms with Crippen molar-refractivity contribution in [2.75, 3.05) is 5.75 Å². The summed E-state index contributed by atoms with van der Waals surface area (Å²) in [5.74, 6) is 1.04. The molecule has 0 amide bonds. The molecule has 1 aliphatic heterocycles. The number of hydrogen-bond acceptors (Lipinski definition) is 5. The van der Waals surface area contributed by atoms with Crippen LogP contribution in [0.25, 0.3) is 0 Å². The van der Waals surface area contributed by atoms with Gasteiger partial charge in [-0.25, -0.2) is 4.34 Å². The van der Waals surface area contributed by atoms with E-state index in [9.17, 15) is 10.1 Å². The van der Waals surface area contributed by atoms with Crippen molar-refractivity contribution >= 4 is 38.6 Å². The molecule has 0 saturated carbocycles. The molecule has 0 saturated heterocycles. The summed E-state index contributed by atoms with van der Waals surface area (Å²) in [5, 5.41) is 11.7. The highest BCUT2D eigenvalue weighted by Gasteiger charge is 2.23. The maximum Gasteiger partial charge on any atom is 0.269 e. The summed E-state index contributed by atoms with van der Waals surface area (Å²) in [4.78, 5) is 14.9. The van der Waals surface area contributed by atoms with E-state index in [1.165, 1.54) is 0 Å². The van der Waals surface area contributed by atoms with Gasteiger partial charge in [-0.05, 0) is 18.4 Å². The van der Waals surface area contributed by atoms with Gasteiger partial charge < -0.3 is 0 Å². The molecule has 2 rings (SSSR count). The Balaban J connectivity index is 2.05. The number of benzene rings is 1. The first kappa shape index (κ1) is 15.5. The van der Waals surface area contributed by atoms with Crippen LogP contribution in [0, 0.1) is 10.1 Å². The second-order valence-corrected chi connectivity index (χ2v) is 6.13. The van der Waals surface area contributed by atoms with Crippen LogP contribution in [0.15, 0.2) is 29.3 Å². The van der Waals surface area contributed by atoms with E-state index in [-0.39, 0.29) is 16.7 Å². The number of aliphatic imine (C=N–C) groups is 1. The third-order valence-electron chi connectivity index (χ3n) is 3.22. The molecule has 1 N–H and O–H groups in total. The summed E-state index contributed by atoms with van der Waals surface area (Å²) in [5.41, 5.74) is 1.17. The molecule has 2 atom stereocenters. The van der Waals surface area contributed by atoms with Gasteiger partial charge in [0.15, 0.2) is 0 Å². The molecule has 1 aromatic carbocycles. The lowest BCUT2D eigenvalue weighted by atomic mass is 10.1. The zero-order valence-electron chi connectivity index (χ0n) is 11.1. The summed E-state index contributed by atoms with van der Waals surface area (Å²) in [6.07, 6.45) is 1.81. The lowest BCUT2D eigenvalue weighted by molar-refractivity contribution is -0.384. The van der Waals surface area contributed by atoms with E-state index in [1.807, 2.05) is 0 Å². The van der Waals surface area contributed by atoms with E-state index >= 15 is 0 Å². The van der Waals surface area contributed by atoms with Gasteiger partial charge in [0.25, 0.3) is 5.69 Å². The topological polar surface area (TPSA) is 67.5 Å². The molecule has 0 spiro atoms. The number of thioether (sulfide) groups is 1. The van der Waals surface area contributed by atoms with Gasteiger partial charge in [0, 0.05) is 34.0 Å². The Labute approximate surface area is 130 Å². The summed E-state index contributed by atoms with van der Waals surface area (Å²) >= 11 is 5.09. The number of halogens is 1. The minimum atomic E-state index is -0.382. The van der Waals surface area contributed by atoms with Crippen molar-refractivity contribution in [2.45, 2.75) is 31.8 Å². The maximum atomic E-state index is 10.6. The summed E-state index contributed by atoms with van der Waals surface area (Å²) in [6, 6.07) is 7.20. The largest absolute Gasteiger partial charge is 0.277 e. The molecular weight excluding hydrogens is 342 g/mol. The third kappa shape index (κ3) is 3.80. The van der Waals surface area contributed by atoms with Crippen molar-refractivity contribution in [1.82, 2.24) is 4.34 Å². The zero-order valence-corrected chi connectivity index (χ0v) is 13.5. The Hall–Kier alpha value is -0.920. The first-order valence-electron chi connectivity index (χ1n) is 6.44. The van der Waals surface area contributed by atoms with Crippen molar-refractivity contribution < 1.29 is 4.92 Å². The quantitative estimate of drug-likeness (QED) is 0.481. The van der Waals surface area contributed by atoms with Gasteiger partial charge in [0.1, 0.15) is 0 Å². The molecule has 20 heavy (non-hydrogen) atoms. The fourth-order valence-corrected chi connectivity index (χ4v) is 3.77. The lowest BCUT2D eigenvalue weighted by Crippen LogP contribution is -2.30. The second kappa shape index (κ2) is 7.19. The van der Waals surface area contributed by atoms with Gasteiger partial charge in [-0.2, -0.15) is 0 Å². The van der Waals surface area contributed by atoms with Crippen LogP contribution in [0.4, 0.5) is 5.69 Å². The Kier molecular flexibility index (Phi) is 5.56. The van der Waals surface area contributed by atoms with Crippen LogP contribution in [0.1, 0.15) is 18.9 Å². The highest BCUT2D eigenvalue weighted by molar-refractivity contribution is 9.08. The lowest BCUT2D eigenvalue weighted by Gasteiger charge is -2.14. The van der Waals surface area contributed by atoms with Crippen LogP contribution in [0.2, 0.25) is 0 Å². The van der Waals surface area contributed by atoms with Gasteiger partial charge >= 0.3 is 0 Å². The highest BCUT2D eigenvalue weighted by atomic mass is 79.9. The molecule has 1 unspecified atom stereocenters. The minimum Gasteiger partial charge on any atom is -0.277 e. The van der Waals surface area contributed by atoms with E-state index in [0.717, 1.165) is 29.2 Å². The number of nitro benzene ring substituents is 1. The fraction of sp³-hybridized carbons (Fsp3) is 0.462. The Bertz CT molecular complexity index is 507. The van der Waals surface area contributed by atoms with E-state index in [2.05, 4.69) is 27.4 Å². The molecule has 0 fully saturated rings. The Morgan fingerprint density at radius 3 is 2.75 bits per heavy atom. The number of rotatable bonds is 6. The third-order valence-corrected chi connectivity index (χ3v) is 5.01. The number of nitrogens with zero attached hydrogens (tertiary/aromatic N) is 2. The summed E-state index contributed by atoms with van der Waals surface area (Å²) in [7, 11) is 0. The van der Waals surface area contributed by atoms with Crippen LogP contribution in [-0.4, -0.2) is 27.8 Å². The SMILES string of the molecule is CCC1CSC([C@H](Cc2ccc([N+](=O)[O-])cc2)NBr)=N1. The predicted molar refractivity (Wildman–Crippen MR) is 86.6 cm³/mol. The molecule has 7 heteroatoms. The molecule has 0 aromatic heterocycles. The normalized spacial score (nSPS) is 19.7. The van der Waals surface area contributed by atoms with Crippen LogP contribution in [-0.2, 0) is 6.42 Å². The monoisotopic (exact) mass is 357 g/mol. The van der Waals surface area contributed by atoms with Crippen molar-refractivity contribution in [3.63, 3.8) is 0 Å². The van der Waals surface area contributed by atoms with Crippen LogP contribution in [0.5, 0.6) is 0 Å². The number of non-ortho nitro benzene ring substituents is 1. The number of nitro groups is 1. The van der Waals surface area contributed by atoms with Gasteiger partial charge in [-0.3, -0.25) is 15.1 Å². The smallest absolute Gasteiger partial charge is 0.269 e. The standard InChI is InChI=1S/C13H16BrN3O2S/c1-2-10-8-20-13(15-10)12(16-14)7-9-3-5-11(6-4-9)17(18)19/h3-6,10,12,16H,2,7-8H2,1H3/t10?,12-/m0/s1. The van der Waals surface area contributed by atoms with Crippen molar-refractivity contribution in [3.8, 4) is 0 Å². The first-order chi connectivity index (χ1) is 9.63. The maximum absolute atomic E-state index is 10.6. The van der Waals surface area contributed by atoms with E-state index in [0.29, 0.717) is 6.04 Å². The average Bonchev–Trinajstić information content (AvgIpc) is 2.94. The fourth-order valence-electron chi connectivity index (χ4n) is 2.00. The van der Waals surface area contributed by atoms with E-state index in [1.54, 1.807) is 36.0 Å². The highest BCUT2D eigenvalue weighted by Crippen LogP contribution is 2.24. The van der Waals surface area contributed by atoms with Crippen molar-refractivity contribution in [2.24, 2.45) is 4.99 Å². The van der Waals surface area contributed by atoms with Crippen LogP contribution < -0.4 is 4.34 Å². The Morgan fingerprint density at radius 1 is 1.55 bits per heavy atom. The predicted octanol–water partition coefficient (Wildman–Crippen LogP) is 3.33. The number of nitrogens with one attached hydrogen (secondary N) is 1. The molecule has 0 radical (unpaired) electrons. The molecule has 1 aromatic rings. The van der Waals surface area contributed by atoms with Gasteiger partial charge in [0.2, 0.25) is 0 Å².